The number of sulfonamides is 1. The molecule has 186 valence electrons. The minimum Gasteiger partial charge on any atom is -0.313 e. The van der Waals surface area contributed by atoms with Gasteiger partial charge in [0.2, 0.25) is 10.0 Å². The lowest BCUT2D eigenvalue weighted by Crippen LogP contribution is -2.40. The van der Waals surface area contributed by atoms with E-state index >= 15 is 0 Å². The van der Waals surface area contributed by atoms with Crippen molar-refractivity contribution >= 4 is 37.5 Å². The fraction of sp³-hybridized carbons (Fsp3) is 0.385. The van der Waals surface area contributed by atoms with Crippen molar-refractivity contribution < 1.29 is 17.6 Å². The molecule has 2 heterocycles. The first kappa shape index (κ1) is 25.5. The second-order valence-corrected chi connectivity index (χ2v) is 11.7. The maximum absolute atomic E-state index is 13.2. The standard InChI is InChI=1S/C26H30FN3O3S2/c1-3-5-6-19-7-12-23-24(18-19)34-26(30(23)15-4-2)28-25(31)20-13-16-29(17-14-20)35(32,33)22-10-8-21(27)9-11-22/h4,7-12,18,20H,2-3,5-6,13-17H2,1H3. The highest BCUT2D eigenvalue weighted by molar-refractivity contribution is 7.89. The zero-order valence-electron chi connectivity index (χ0n) is 19.8. The van der Waals surface area contributed by atoms with Crippen LogP contribution in [0.5, 0.6) is 0 Å². The molecule has 1 aromatic heterocycles. The number of unbranched alkanes of at least 4 members (excludes halogenated alkanes) is 1. The van der Waals surface area contributed by atoms with Gasteiger partial charge in [-0.3, -0.25) is 4.79 Å². The van der Waals surface area contributed by atoms with Crippen molar-refractivity contribution in [3.8, 4) is 0 Å². The molecule has 1 amide bonds. The molecule has 35 heavy (non-hydrogen) atoms. The van der Waals surface area contributed by atoms with Crippen molar-refractivity contribution in [2.24, 2.45) is 10.9 Å². The number of thiazole rings is 1. The number of aromatic nitrogens is 1. The van der Waals surface area contributed by atoms with Crippen LogP contribution in [0.3, 0.4) is 0 Å². The van der Waals surface area contributed by atoms with Gasteiger partial charge in [0.25, 0.3) is 5.91 Å². The number of allylic oxidation sites excluding steroid dienone is 1. The second-order valence-electron chi connectivity index (χ2n) is 8.77. The Bertz CT molecular complexity index is 1380. The Labute approximate surface area is 209 Å². The molecule has 0 saturated carbocycles. The lowest BCUT2D eigenvalue weighted by Gasteiger charge is -2.29. The summed E-state index contributed by atoms with van der Waals surface area (Å²) in [4.78, 5) is 18.2. The molecule has 2 aromatic carbocycles. The molecule has 0 N–H and O–H groups in total. The average molecular weight is 516 g/mol. The first-order valence-electron chi connectivity index (χ1n) is 11.9. The molecule has 1 aliphatic rings. The fourth-order valence-corrected chi connectivity index (χ4v) is 6.91. The zero-order valence-corrected chi connectivity index (χ0v) is 21.5. The topological polar surface area (TPSA) is 71.7 Å². The zero-order chi connectivity index (χ0) is 25.0. The minimum absolute atomic E-state index is 0.0578. The van der Waals surface area contributed by atoms with Gasteiger partial charge in [-0.05, 0) is 67.6 Å². The highest BCUT2D eigenvalue weighted by Gasteiger charge is 2.32. The number of carbonyl (C=O) groups excluding carboxylic acids is 1. The van der Waals surface area contributed by atoms with Crippen molar-refractivity contribution in [2.75, 3.05) is 13.1 Å². The lowest BCUT2D eigenvalue weighted by atomic mass is 9.98. The number of hydrogen-bond donors (Lipinski definition) is 0. The molecule has 0 aliphatic carbocycles. The first-order valence-corrected chi connectivity index (χ1v) is 14.2. The highest BCUT2D eigenvalue weighted by atomic mass is 32.2. The van der Waals surface area contributed by atoms with Crippen LogP contribution in [0, 0.1) is 11.7 Å². The van der Waals surface area contributed by atoms with Crippen LogP contribution in [-0.4, -0.2) is 36.3 Å². The van der Waals surface area contributed by atoms with Gasteiger partial charge in [0.1, 0.15) is 5.82 Å². The van der Waals surface area contributed by atoms with Crippen molar-refractivity contribution in [3.05, 3.63) is 71.3 Å². The number of piperidine rings is 1. The fourth-order valence-electron chi connectivity index (χ4n) is 4.33. The van der Waals surface area contributed by atoms with Gasteiger partial charge in [-0.2, -0.15) is 9.30 Å². The summed E-state index contributed by atoms with van der Waals surface area (Å²) in [5.41, 5.74) is 2.31. The number of rotatable bonds is 8. The minimum atomic E-state index is -3.72. The second kappa shape index (κ2) is 11.0. The number of halogens is 1. The first-order chi connectivity index (χ1) is 16.8. The lowest BCUT2D eigenvalue weighted by molar-refractivity contribution is -0.122. The Morgan fingerprint density at radius 3 is 2.57 bits per heavy atom. The third-order valence-electron chi connectivity index (χ3n) is 6.34. The molecule has 0 spiro atoms. The Kier molecular flexibility index (Phi) is 7.98. The summed E-state index contributed by atoms with van der Waals surface area (Å²) in [6, 6.07) is 11.2. The summed E-state index contributed by atoms with van der Waals surface area (Å²) in [5.74, 6) is -1.04. The van der Waals surface area contributed by atoms with Crippen LogP contribution in [0.4, 0.5) is 4.39 Å². The van der Waals surface area contributed by atoms with E-state index in [0.717, 1.165) is 41.6 Å². The van der Waals surface area contributed by atoms with E-state index in [-0.39, 0.29) is 29.8 Å². The molecule has 3 aromatic rings. The molecule has 0 radical (unpaired) electrons. The largest absolute Gasteiger partial charge is 0.313 e. The summed E-state index contributed by atoms with van der Waals surface area (Å²) >= 11 is 1.50. The molecule has 1 fully saturated rings. The summed E-state index contributed by atoms with van der Waals surface area (Å²) in [6.45, 7) is 7.02. The predicted octanol–water partition coefficient (Wildman–Crippen LogP) is 4.90. The van der Waals surface area contributed by atoms with Crippen molar-refractivity contribution in [2.45, 2.75) is 50.5 Å². The van der Waals surface area contributed by atoms with Crippen LogP contribution in [-0.2, 0) is 27.8 Å². The van der Waals surface area contributed by atoms with Crippen LogP contribution in [0.2, 0.25) is 0 Å². The molecular formula is C26H30FN3O3S2. The molecule has 1 aliphatic heterocycles. The molecule has 0 bridgehead atoms. The Hall–Kier alpha value is -2.62. The summed E-state index contributed by atoms with van der Waals surface area (Å²) < 4.78 is 43.4. The van der Waals surface area contributed by atoms with E-state index in [1.165, 1.54) is 33.3 Å². The van der Waals surface area contributed by atoms with Crippen LogP contribution < -0.4 is 4.80 Å². The molecule has 4 rings (SSSR count). The molecule has 6 nitrogen and oxygen atoms in total. The number of fused-ring (bicyclic) bond motifs is 1. The monoisotopic (exact) mass is 515 g/mol. The maximum atomic E-state index is 13.2. The van der Waals surface area contributed by atoms with Gasteiger partial charge < -0.3 is 4.57 Å². The summed E-state index contributed by atoms with van der Waals surface area (Å²) in [5, 5.41) is 0. The van der Waals surface area contributed by atoms with Gasteiger partial charge in [-0.25, -0.2) is 12.8 Å². The van der Waals surface area contributed by atoms with Gasteiger partial charge in [0.05, 0.1) is 15.1 Å². The van der Waals surface area contributed by atoms with E-state index in [4.69, 9.17) is 0 Å². The molecular weight excluding hydrogens is 485 g/mol. The van der Waals surface area contributed by atoms with Gasteiger partial charge in [-0.15, -0.1) is 6.58 Å². The number of hydrogen-bond acceptors (Lipinski definition) is 4. The average Bonchev–Trinajstić information content (AvgIpc) is 3.19. The summed E-state index contributed by atoms with van der Waals surface area (Å²) in [6.07, 6.45) is 5.88. The van der Waals surface area contributed by atoms with Gasteiger partial charge in [0.15, 0.2) is 4.80 Å². The van der Waals surface area contributed by atoms with E-state index in [2.05, 4.69) is 36.7 Å². The highest BCUT2D eigenvalue weighted by Crippen LogP contribution is 2.25. The smallest absolute Gasteiger partial charge is 0.251 e. The van der Waals surface area contributed by atoms with Crippen LogP contribution in [0.15, 0.2) is 65.0 Å². The third kappa shape index (κ3) is 5.63. The van der Waals surface area contributed by atoms with Crippen LogP contribution in [0.25, 0.3) is 10.2 Å². The van der Waals surface area contributed by atoms with E-state index in [1.54, 1.807) is 6.08 Å². The normalized spacial score (nSPS) is 16.1. The number of aryl methyl sites for hydroxylation is 1. The summed E-state index contributed by atoms with van der Waals surface area (Å²) in [7, 11) is -3.72. The Morgan fingerprint density at radius 2 is 1.91 bits per heavy atom. The van der Waals surface area contributed by atoms with Gasteiger partial charge >= 0.3 is 0 Å². The van der Waals surface area contributed by atoms with E-state index < -0.39 is 15.8 Å². The van der Waals surface area contributed by atoms with Crippen molar-refractivity contribution in [1.29, 1.82) is 0 Å². The van der Waals surface area contributed by atoms with E-state index in [1.807, 2.05) is 4.57 Å². The molecule has 1 saturated heterocycles. The van der Waals surface area contributed by atoms with E-state index in [0.29, 0.717) is 24.2 Å². The SMILES string of the molecule is C=CCn1c(=NC(=O)C2CCN(S(=O)(=O)c3ccc(F)cc3)CC2)sc2cc(CCCC)ccc21. The molecule has 0 atom stereocenters. The van der Waals surface area contributed by atoms with Gasteiger partial charge in [-0.1, -0.05) is 36.8 Å². The van der Waals surface area contributed by atoms with E-state index in [9.17, 15) is 17.6 Å². The van der Waals surface area contributed by atoms with Crippen LogP contribution in [0.1, 0.15) is 38.2 Å². The Balaban J connectivity index is 1.52. The predicted molar refractivity (Wildman–Crippen MR) is 137 cm³/mol. The molecule has 9 heteroatoms. The molecule has 0 unspecified atom stereocenters. The van der Waals surface area contributed by atoms with Crippen molar-refractivity contribution in [1.82, 2.24) is 8.87 Å². The number of nitrogens with zero attached hydrogens (tertiary/aromatic N) is 3. The van der Waals surface area contributed by atoms with Gasteiger partial charge in [0, 0.05) is 25.6 Å². The number of amides is 1. The maximum Gasteiger partial charge on any atom is 0.251 e. The number of benzene rings is 2. The van der Waals surface area contributed by atoms with Crippen LogP contribution >= 0.6 is 11.3 Å². The third-order valence-corrected chi connectivity index (χ3v) is 9.29. The number of carbonyl (C=O) groups is 1. The quantitative estimate of drug-likeness (QED) is 0.401. The Morgan fingerprint density at radius 1 is 1.20 bits per heavy atom. The van der Waals surface area contributed by atoms with Crippen molar-refractivity contribution in [3.63, 3.8) is 0 Å².